The summed E-state index contributed by atoms with van der Waals surface area (Å²) in [7, 11) is 0. The smallest absolute Gasteiger partial charge is 0.197 e. The van der Waals surface area contributed by atoms with Gasteiger partial charge in [0.15, 0.2) is 16.7 Å². The topological polar surface area (TPSA) is 74.9 Å². The summed E-state index contributed by atoms with van der Waals surface area (Å²) in [6.07, 6.45) is 0. The van der Waals surface area contributed by atoms with Gasteiger partial charge in [-0.05, 0) is 24.3 Å². The molecule has 5 nitrogen and oxygen atoms in total. The van der Waals surface area contributed by atoms with Gasteiger partial charge in [-0.3, -0.25) is 0 Å². The minimum atomic E-state index is 0.0851. The Bertz CT molecular complexity index is 812. The van der Waals surface area contributed by atoms with Crippen LogP contribution in [0.3, 0.4) is 0 Å². The third-order valence-electron chi connectivity index (χ3n) is 2.82. The maximum atomic E-state index is 9.08. The van der Waals surface area contributed by atoms with Crippen LogP contribution in [0.1, 0.15) is 0 Å². The average molecular weight is 334 g/mol. The van der Waals surface area contributed by atoms with Gasteiger partial charge in [-0.15, -0.1) is 10.2 Å². The fraction of sp³-hybridized carbons (Fsp3) is 0.0667. The molecule has 0 saturated carbocycles. The highest BCUT2D eigenvalue weighted by Gasteiger charge is 2.13. The summed E-state index contributed by atoms with van der Waals surface area (Å²) in [5.74, 6) is 2.19. The van der Waals surface area contributed by atoms with E-state index < -0.39 is 0 Å². The molecule has 112 valence electrons. The molecular weight excluding hydrogens is 322 g/mol. The predicted octanol–water partition coefficient (Wildman–Crippen LogP) is 4.55. The second-order valence-electron chi connectivity index (χ2n) is 4.48. The van der Waals surface area contributed by atoms with E-state index in [1.165, 1.54) is 11.8 Å². The van der Waals surface area contributed by atoms with Crippen molar-refractivity contribution in [3.63, 3.8) is 0 Å². The zero-order chi connectivity index (χ0) is 15.5. The first kappa shape index (κ1) is 14.7. The van der Waals surface area contributed by atoms with Crippen molar-refractivity contribution < 1.29 is 9.52 Å². The fourth-order valence-corrected chi connectivity index (χ4v) is 2.64. The fourth-order valence-electron chi connectivity index (χ4n) is 1.85. The summed E-state index contributed by atoms with van der Waals surface area (Å²) >= 11 is 7.47. The number of H-pyrrole nitrogens is 1. The molecule has 0 amide bonds. The molecular formula is C15H12ClN3O2S. The van der Waals surface area contributed by atoms with Gasteiger partial charge < -0.3 is 14.5 Å². The van der Waals surface area contributed by atoms with Gasteiger partial charge >= 0.3 is 0 Å². The van der Waals surface area contributed by atoms with Crippen LogP contribution in [0.15, 0.2) is 58.3 Å². The number of halogens is 1. The molecule has 2 heterocycles. The van der Waals surface area contributed by atoms with Gasteiger partial charge in [0.1, 0.15) is 5.76 Å². The van der Waals surface area contributed by atoms with Crippen molar-refractivity contribution >= 4 is 23.4 Å². The first-order valence-electron chi connectivity index (χ1n) is 6.41. The zero-order valence-electron chi connectivity index (χ0n) is 11.4. The van der Waals surface area contributed by atoms with Crippen LogP contribution in [0.2, 0.25) is 5.02 Å². The molecule has 0 saturated heterocycles. The van der Waals surface area contributed by atoms with Crippen LogP contribution in [0, 0.1) is 0 Å². The second kappa shape index (κ2) is 6.29. The van der Waals surface area contributed by atoms with Crippen LogP contribution in [0.4, 0.5) is 0 Å². The number of aromatic amines is 1. The van der Waals surface area contributed by atoms with Gasteiger partial charge in [-0.2, -0.15) is 0 Å². The van der Waals surface area contributed by atoms with Crippen molar-refractivity contribution in [2.75, 3.05) is 5.75 Å². The van der Waals surface area contributed by atoms with E-state index in [1.54, 1.807) is 6.07 Å². The van der Waals surface area contributed by atoms with Gasteiger partial charge in [-0.1, -0.05) is 42.1 Å². The molecule has 3 rings (SSSR count). The Morgan fingerprint density at radius 2 is 2.00 bits per heavy atom. The molecule has 0 aliphatic rings. The summed E-state index contributed by atoms with van der Waals surface area (Å²) < 4.78 is 5.78. The molecule has 0 fully saturated rings. The lowest BCUT2D eigenvalue weighted by molar-refractivity contribution is 0.420. The van der Waals surface area contributed by atoms with Crippen molar-refractivity contribution in [1.82, 2.24) is 15.2 Å². The van der Waals surface area contributed by atoms with Crippen molar-refractivity contribution in [2.45, 2.75) is 5.16 Å². The van der Waals surface area contributed by atoms with Crippen molar-refractivity contribution in [3.8, 4) is 22.9 Å². The number of aromatic nitrogens is 3. The largest absolute Gasteiger partial charge is 0.512 e. The zero-order valence-corrected chi connectivity index (χ0v) is 13.0. The Morgan fingerprint density at radius 3 is 2.77 bits per heavy atom. The predicted molar refractivity (Wildman–Crippen MR) is 87.0 cm³/mol. The molecule has 0 spiro atoms. The third-order valence-corrected chi connectivity index (χ3v) is 4.08. The van der Waals surface area contributed by atoms with Gasteiger partial charge in [0, 0.05) is 5.56 Å². The number of nitrogens with one attached hydrogen (secondary N) is 1. The summed E-state index contributed by atoms with van der Waals surface area (Å²) in [5.41, 5.74) is 0.820. The van der Waals surface area contributed by atoms with Gasteiger partial charge in [0.05, 0.1) is 16.5 Å². The number of aliphatic hydroxyl groups is 1. The Kier molecular flexibility index (Phi) is 4.22. The summed E-state index contributed by atoms with van der Waals surface area (Å²) in [4.78, 5) is 3.03. The Morgan fingerprint density at radius 1 is 1.23 bits per heavy atom. The maximum Gasteiger partial charge on any atom is 0.197 e. The number of benzene rings is 1. The standard InChI is InChI=1S/C15H12ClN3O2S/c1-9(20)8-22-15-17-14(18-19-15)13-7-6-12(21-13)10-4-2-3-5-11(10)16/h2-7,20H,1,8H2,(H,17,18,19). The first-order valence-corrected chi connectivity index (χ1v) is 7.77. The number of aliphatic hydroxyl groups excluding tert-OH is 1. The first-order chi connectivity index (χ1) is 10.6. The van der Waals surface area contributed by atoms with E-state index in [2.05, 4.69) is 21.8 Å². The molecule has 22 heavy (non-hydrogen) atoms. The number of hydrogen-bond acceptors (Lipinski definition) is 5. The lowest BCUT2D eigenvalue weighted by Crippen LogP contribution is -1.83. The number of furan rings is 1. The molecule has 2 aromatic heterocycles. The SMILES string of the molecule is C=C(O)CSc1nnc(-c2ccc(-c3ccccc3Cl)o2)[nH]1. The maximum absolute atomic E-state index is 9.08. The highest BCUT2D eigenvalue weighted by Crippen LogP contribution is 2.31. The molecule has 0 unspecified atom stereocenters. The van der Waals surface area contributed by atoms with Gasteiger partial charge in [0.25, 0.3) is 0 Å². The minimum absolute atomic E-state index is 0.0851. The molecule has 1 aromatic carbocycles. The van der Waals surface area contributed by atoms with E-state index >= 15 is 0 Å². The molecule has 0 atom stereocenters. The molecule has 3 aromatic rings. The number of rotatable bonds is 5. The minimum Gasteiger partial charge on any atom is -0.512 e. The quantitative estimate of drug-likeness (QED) is 0.529. The Labute approximate surface area is 136 Å². The highest BCUT2D eigenvalue weighted by atomic mass is 35.5. The van der Waals surface area contributed by atoms with Crippen LogP contribution in [0.25, 0.3) is 22.9 Å². The van der Waals surface area contributed by atoms with E-state index in [0.29, 0.717) is 33.3 Å². The van der Waals surface area contributed by atoms with Gasteiger partial charge in [-0.25, -0.2) is 0 Å². The van der Waals surface area contributed by atoms with E-state index in [-0.39, 0.29) is 5.76 Å². The van der Waals surface area contributed by atoms with Crippen molar-refractivity contribution in [2.24, 2.45) is 0 Å². The van der Waals surface area contributed by atoms with Crippen molar-refractivity contribution in [3.05, 3.63) is 53.8 Å². The normalized spacial score (nSPS) is 10.8. The number of thioether (sulfide) groups is 1. The summed E-state index contributed by atoms with van der Waals surface area (Å²) in [6, 6.07) is 11.1. The molecule has 0 bridgehead atoms. The van der Waals surface area contributed by atoms with Crippen LogP contribution in [-0.4, -0.2) is 26.0 Å². The molecule has 0 aliphatic heterocycles. The average Bonchev–Trinajstić information content (AvgIpc) is 3.14. The lowest BCUT2D eigenvalue weighted by atomic mass is 10.2. The van der Waals surface area contributed by atoms with Crippen molar-refractivity contribution in [1.29, 1.82) is 0 Å². The molecule has 0 aliphatic carbocycles. The molecule has 2 N–H and O–H groups in total. The summed E-state index contributed by atoms with van der Waals surface area (Å²) in [6.45, 7) is 3.42. The van der Waals surface area contributed by atoms with E-state index in [9.17, 15) is 0 Å². The van der Waals surface area contributed by atoms with E-state index in [0.717, 1.165) is 5.56 Å². The highest BCUT2D eigenvalue weighted by molar-refractivity contribution is 7.99. The second-order valence-corrected chi connectivity index (χ2v) is 5.85. The molecule has 0 radical (unpaired) electrons. The molecule has 7 heteroatoms. The van der Waals surface area contributed by atoms with E-state index in [1.807, 2.05) is 30.3 Å². The van der Waals surface area contributed by atoms with Crippen LogP contribution in [0.5, 0.6) is 0 Å². The number of hydrogen-bond donors (Lipinski definition) is 2. The Balaban J connectivity index is 1.82. The third kappa shape index (κ3) is 3.18. The van der Waals surface area contributed by atoms with E-state index in [4.69, 9.17) is 21.1 Å². The monoisotopic (exact) mass is 333 g/mol. The Hall–Kier alpha value is -2.18. The summed E-state index contributed by atoms with van der Waals surface area (Å²) in [5, 5.41) is 18.3. The van der Waals surface area contributed by atoms with Crippen LogP contribution < -0.4 is 0 Å². The van der Waals surface area contributed by atoms with Crippen LogP contribution in [-0.2, 0) is 0 Å². The van der Waals surface area contributed by atoms with Gasteiger partial charge in [0.2, 0.25) is 0 Å². The lowest BCUT2D eigenvalue weighted by Gasteiger charge is -1.99. The van der Waals surface area contributed by atoms with Crippen LogP contribution >= 0.6 is 23.4 Å². The number of nitrogens with zero attached hydrogens (tertiary/aromatic N) is 2.